The topological polar surface area (TPSA) is 115 Å². The summed E-state index contributed by atoms with van der Waals surface area (Å²) in [7, 11) is -0.731. The summed E-state index contributed by atoms with van der Waals surface area (Å²) in [5, 5.41) is 9.04. The van der Waals surface area contributed by atoms with Crippen molar-refractivity contribution in [3.63, 3.8) is 0 Å². The Labute approximate surface area is 142 Å². The molecule has 0 spiro atoms. The van der Waals surface area contributed by atoms with Crippen LogP contribution >= 0.6 is 0 Å². The number of likely N-dealkylation sites (N-methyl/N-ethyl adjacent to an activating group) is 2. The van der Waals surface area contributed by atoms with Crippen molar-refractivity contribution in [3.8, 4) is 0 Å². The minimum atomic E-state index is -3.47. The first kappa shape index (κ1) is 20.4. The molecule has 138 valence electrons. The molecule has 0 bridgehead atoms. The van der Waals surface area contributed by atoms with Crippen LogP contribution < -0.4 is 0 Å². The molecule has 2 amide bonds. The van der Waals surface area contributed by atoms with Gasteiger partial charge in [-0.05, 0) is 19.8 Å². The van der Waals surface area contributed by atoms with Crippen LogP contribution in [0.3, 0.4) is 0 Å². The Balaban J connectivity index is 2.57. The minimum Gasteiger partial charge on any atom is -0.481 e. The molecule has 1 atom stereocenters. The Bertz CT molecular complexity index is 591. The summed E-state index contributed by atoms with van der Waals surface area (Å²) in [4.78, 5) is 37.9. The number of sulfonamides is 1. The number of carbonyl (C=O) groups excluding carboxylic acids is 2. The number of piperidine rings is 1. The normalized spacial score (nSPS) is 18.5. The van der Waals surface area contributed by atoms with E-state index in [0.29, 0.717) is 19.4 Å². The zero-order valence-electron chi connectivity index (χ0n) is 14.3. The van der Waals surface area contributed by atoms with E-state index in [1.54, 1.807) is 0 Å². The Kier molecular flexibility index (Phi) is 7.15. The number of carboxylic acid groups (broad SMARTS) is 1. The molecule has 1 saturated heterocycles. The summed E-state index contributed by atoms with van der Waals surface area (Å²) in [6.45, 7) is 1.55. The maximum absolute atomic E-state index is 12.2. The van der Waals surface area contributed by atoms with Crippen LogP contribution in [0.25, 0.3) is 0 Å². The molecule has 1 heterocycles. The largest absolute Gasteiger partial charge is 0.481 e. The third-order valence-electron chi connectivity index (χ3n) is 4.12. The first-order valence-electron chi connectivity index (χ1n) is 7.77. The van der Waals surface area contributed by atoms with Crippen molar-refractivity contribution >= 4 is 27.8 Å². The average molecular weight is 363 g/mol. The molecular formula is C14H25N3O6S. The smallest absolute Gasteiger partial charge is 0.308 e. The lowest BCUT2D eigenvalue weighted by molar-refractivity contribution is -0.147. The van der Waals surface area contributed by atoms with E-state index >= 15 is 0 Å². The van der Waals surface area contributed by atoms with Crippen molar-refractivity contribution in [1.82, 2.24) is 14.1 Å². The molecule has 1 N–H and O–H groups in total. The fraction of sp³-hybridized carbons (Fsp3) is 0.786. The fourth-order valence-electron chi connectivity index (χ4n) is 2.43. The minimum absolute atomic E-state index is 0.107. The molecule has 0 aliphatic carbocycles. The molecule has 0 aromatic heterocycles. The van der Waals surface area contributed by atoms with Crippen LogP contribution in [0.2, 0.25) is 0 Å². The second-order valence-corrected chi connectivity index (χ2v) is 8.29. The van der Waals surface area contributed by atoms with Gasteiger partial charge >= 0.3 is 5.97 Å². The van der Waals surface area contributed by atoms with E-state index in [1.165, 1.54) is 25.9 Å². The van der Waals surface area contributed by atoms with E-state index in [2.05, 4.69) is 0 Å². The summed E-state index contributed by atoms with van der Waals surface area (Å²) >= 11 is 0. The van der Waals surface area contributed by atoms with E-state index in [-0.39, 0.29) is 31.3 Å². The maximum atomic E-state index is 12.2. The van der Waals surface area contributed by atoms with E-state index in [9.17, 15) is 22.8 Å². The molecule has 0 radical (unpaired) electrons. The summed E-state index contributed by atoms with van der Waals surface area (Å²) < 4.78 is 24.3. The van der Waals surface area contributed by atoms with Crippen molar-refractivity contribution in [3.05, 3.63) is 0 Å². The monoisotopic (exact) mass is 363 g/mol. The van der Waals surface area contributed by atoms with E-state index in [0.717, 1.165) is 9.21 Å². The second-order valence-electron chi connectivity index (χ2n) is 5.92. The third-order valence-corrected chi connectivity index (χ3v) is 5.93. The molecule has 0 aromatic carbocycles. The first-order valence-corrected chi connectivity index (χ1v) is 9.38. The van der Waals surface area contributed by atoms with Gasteiger partial charge in [0, 0.05) is 27.2 Å². The Hall–Kier alpha value is -1.68. The number of carbonyl (C=O) groups is 3. The van der Waals surface area contributed by atoms with E-state index in [1.807, 2.05) is 0 Å². The van der Waals surface area contributed by atoms with Crippen molar-refractivity contribution in [1.29, 1.82) is 0 Å². The predicted molar refractivity (Wildman–Crippen MR) is 86.7 cm³/mol. The Morgan fingerprint density at radius 2 is 1.83 bits per heavy atom. The van der Waals surface area contributed by atoms with Crippen LogP contribution in [0.5, 0.6) is 0 Å². The lowest BCUT2D eigenvalue weighted by Crippen LogP contribution is -2.48. The molecule has 0 aromatic rings. The molecule has 1 aliphatic rings. The van der Waals surface area contributed by atoms with E-state index < -0.39 is 27.8 Å². The standard InChI is InChI=1S/C14H25N3O6S/c1-4-24(22,23)16(3)10-12(18)15(2)9-13(19)17-7-5-6-11(8-17)14(20)21/h11H,4-10H2,1-3H3,(H,20,21). The van der Waals surface area contributed by atoms with Crippen molar-refractivity contribution in [2.45, 2.75) is 19.8 Å². The van der Waals surface area contributed by atoms with Crippen LogP contribution in [0.15, 0.2) is 0 Å². The molecule has 0 saturated carbocycles. The molecular weight excluding hydrogens is 338 g/mol. The average Bonchev–Trinajstić information content (AvgIpc) is 2.54. The number of likely N-dealkylation sites (tertiary alicyclic amines) is 1. The SMILES string of the molecule is CCS(=O)(=O)N(C)CC(=O)N(C)CC(=O)N1CCCC(C(=O)O)C1. The highest BCUT2D eigenvalue weighted by Gasteiger charge is 2.29. The van der Waals surface area contributed by atoms with Gasteiger partial charge in [0.2, 0.25) is 21.8 Å². The van der Waals surface area contributed by atoms with Gasteiger partial charge in [0.25, 0.3) is 0 Å². The van der Waals surface area contributed by atoms with Crippen molar-refractivity contribution < 1.29 is 27.9 Å². The van der Waals surface area contributed by atoms with Gasteiger partial charge in [-0.3, -0.25) is 14.4 Å². The van der Waals surface area contributed by atoms with Gasteiger partial charge in [0.15, 0.2) is 0 Å². The zero-order chi connectivity index (χ0) is 18.5. The number of rotatable bonds is 7. The quantitative estimate of drug-likeness (QED) is 0.623. The van der Waals surface area contributed by atoms with Crippen LogP contribution in [-0.2, 0) is 24.4 Å². The van der Waals surface area contributed by atoms with Gasteiger partial charge in [-0.15, -0.1) is 0 Å². The lowest BCUT2D eigenvalue weighted by Gasteiger charge is -2.32. The highest BCUT2D eigenvalue weighted by Crippen LogP contribution is 2.16. The van der Waals surface area contributed by atoms with Crippen molar-refractivity contribution in [2.24, 2.45) is 5.92 Å². The highest BCUT2D eigenvalue weighted by molar-refractivity contribution is 7.89. The molecule has 24 heavy (non-hydrogen) atoms. The molecule has 10 heteroatoms. The molecule has 1 aliphatic heterocycles. The van der Waals surface area contributed by atoms with Gasteiger partial charge in [-0.1, -0.05) is 0 Å². The van der Waals surface area contributed by atoms with Gasteiger partial charge in [0.1, 0.15) is 0 Å². The van der Waals surface area contributed by atoms with Gasteiger partial charge in [-0.2, -0.15) is 4.31 Å². The lowest BCUT2D eigenvalue weighted by atomic mass is 9.98. The predicted octanol–water partition coefficient (Wildman–Crippen LogP) is -0.950. The first-order chi connectivity index (χ1) is 11.1. The van der Waals surface area contributed by atoms with Gasteiger partial charge < -0.3 is 14.9 Å². The van der Waals surface area contributed by atoms with Gasteiger partial charge in [0.05, 0.1) is 24.8 Å². The summed E-state index contributed by atoms with van der Waals surface area (Å²) in [5.41, 5.74) is 0. The zero-order valence-corrected chi connectivity index (χ0v) is 15.1. The summed E-state index contributed by atoms with van der Waals surface area (Å²) in [6, 6.07) is 0. The molecule has 1 fully saturated rings. The Morgan fingerprint density at radius 1 is 1.21 bits per heavy atom. The molecule has 1 rings (SSSR count). The number of amides is 2. The highest BCUT2D eigenvalue weighted by atomic mass is 32.2. The third kappa shape index (κ3) is 5.45. The van der Waals surface area contributed by atoms with Crippen LogP contribution in [0.4, 0.5) is 0 Å². The van der Waals surface area contributed by atoms with E-state index in [4.69, 9.17) is 5.11 Å². The molecule has 1 unspecified atom stereocenters. The second kappa shape index (κ2) is 8.43. The van der Waals surface area contributed by atoms with Crippen LogP contribution in [0.1, 0.15) is 19.8 Å². The number of hydrogen-bond acceptors (Lipinski definition) is 5. The summed E-state index contributed by atoms with van der Waals surface area (Å²) in [6.07, 6.45) is 1.14. The number of nitrogens with zero attached hydrogens (tertiary/aromatic N) is 3. The number of carboxylic acids is 1. The van der Waals surface area contributed by atoms with Gasteiger partial charge in [-0.25, -0.2) is 8.42 Å². The van der Waals surface area contributed by atoms with Crippen LogP contribution in [-0.4, -0.2) is 91.4 Å². The number of hydrogen-bond donors (Lipinski definition) is 1. The maximum Gasteiger partial charge on any atom is 0.308 e. The van der Waals surface area contributed by atoms with Crippen molar-refractivity contribution in [2.75, 3.05) is 46.0 Å². The number of aliphatic carboxylic acids is 1. The molecule has 9 nitrogen and oxygen atoms in total. The Morgan fingerprint density at radius 3 is 2.38 bits per heavy atom. The summed E-state index contributed by atoms with van der Waals surface area (Å²) in [5.74, 6) is -2.44. The fourth-order valence-corrected chi connectivity index (χ4v) is 3.17. The van der Waals surface area contributed by atoms with Crippen LogP contribution in [0, 0.1) is 5.92 Å².